The lowest BCUT2D eigenvalue weighted by Gasteiger charge is -2.31. The minimum atomic E-state index is -0.0770. The summed E-state index contributed by atoms with van der Waals surface area (Å²) in [5.74, 6) is 0.741. The minimum absolute atomic E-state index is 0.0770. The third kappa shape index (κ3) is 4.79. The van der Waals surface area contributed by atoms with Crippen molar-refractivity contribution in [1.82, 2.24) is 29.7 Å². The Morgan fingerprint density at radius 2 is 1.72 bits per heavy atom. The molecule has 1 aliphatic heterocycles. The monoisotopic (exact) mass is 340 g/mol. The molecule has 0 aliphatic carbocycles. The molecule has 25 heavy (non-hydrogen) atoms. The van der Waals surface area contributed by atoms with E-state index in [1.54, 1.807) is 18.5 Å². The normalized spacial score (nSPS) is 15.6. The molecule has 132 valence electrons. The van der Waals surface area contributed by atoms with Crippen LogP contribution in [0.25, 0.3) is 0 Å². The SMILES string of the molecule is CN(C)Cc1cnc(CC2CCN(C(=O)c3ncccn3)CC2)cn1. The summed E-state index contributed by atoms with van der Waals surface area (Å²) in [6.07, 6.45) is 9.81. The lowest BCUT2D eigenvalue weighted by molar-refractivity contribution is 0.0677. The summed E-state index contributed by atoms with van der Waals surface area (Å²) in [7, 11) is 4.04. The average molecular weight is 340 g/mol. The summed E-state index contributed by atoms with van der Waals surface area (Å²) in [6.45, 7) is 2.29. The Balaban J connectivity index is 1.50. The second-order valence-electron chi connectivity index (χ2n) is 6.75. The standard InChI is InChI=1S/C18H24N6O/c1-23(2)13-16-12-21-15(11-22-16)10-14-4-8-24(9-5-14)18(25)17-19-6-3-7-20-17/h3,6-7,11-12,14H,4-5,8-10,13H2,1-2H3. The Bertz CT molecular complexity index is 680. The number of rotatable bonds is 5. The number of amides is 1. The molecule has 0 aromatic carbocycles. The first-order valence-electron chi connectivity index (χ1n) is 8.62. The molecule has 0 saturated carbocycles. The smallest absolute Gasteiger partial charge is 0.291 e. The van der Waals surface area contributed by atoms with E-state index in [0.29, 0.717) is 5.92 Å². The van der Waals surface area contributed by atoms with Crippen LogP contribution in [0.4, 0.5) is 0 Å². The molecule has 3 heterocycles. The lowest BCUT2D eigenvalue weighted by Crippen LogP contribution is -2.39. The van der Waals surface area contributed by atoms with E-state index in [1.807, 2.05) is 31.4 Å². The molecule has 0 spiro atoms. The number of carbonyl (C=O) groups is 1. The van der Waals surface area contributed by atoms with E-state index in [9.17, 15) is 4.79 Å². The number of aromatic nitrogens is 4. The van der Waals surface area contributed by atoms with Gasteiger partial charge in [0, 0.05) is 38.2 Å². The van der Waals surface area contributed by atoms with Gasteiger partial charge in [-0.3, -0.25) is 14.8 Å². The first-order valence-corrected chi connectivity index (χ1v) is 8.62. The van der Waals surface area contributed by atoms with Gasteiger partial charge in [-0.25, -0.2) is 9.97 Å². The number of hydrogen-bond donors (Lipinski definition) is 0. The van der Waals surface area contributed by atoms with Gasteiger partial charge < -0.3 is 9.80 Å². The zero-order chi connectivity index (χ0) is 17.6. The number of likely N-dealkylation sites (tertiary alicyclic amines) is 1. The van der Waals surface area contributed by atoms with Gasteiger partial charge in [0.2, 0.25) is 5.82 Å². The molecule has 1 saturated heterocycles. The molecule has 2 aromatic heterocycles. The molecular weight excluding hydrogens is 316 g/mol. The van der Waals surface area contributed by atoms with Crippen molar-refractivity contribution in [3.05, 3.63) is 48.1 Å². The summed E-state index contributed by atoms with van der Waals surface area (Å²) in [6, 6.07) is 1.72. The Morgan fingerprint density at radius 1 is 1.08 bits per heavy atom. The molecular formula is C18H24N6O. The van der Waals surface area contributed by atoms with Gasteiger partial charge >= 0.3 is 0 Å². The van der Waals surface area contributed by atoms with E-state index < -0.39 is 0 Å². The van der Waals surface area contributed by atoms with E-state index in [-0.39, 0.29) is 11.7 Å². The summed E-state index contributed by atoms with van der Waals surface area (Å²) in [4.78, 5) is 33.4. The molecule has 3 rings (SSSR count). The van der Waals surface area contributed by atoms with Crippen molar-refractivity contribution in [3.8, 4) is 0 Å². The molecule has 7 nitrogen and oxygen atoms in total. The van der Waals surface area contributed by atoms with Crippen LogP contribution in [0.1, 0.15) is 34.8 Å². The van der Waals surface area contributed by atoms with E-state index in [4.69, 9.17) is 0 Å². The predicted molar refractivity (Wildman–Crippen MR) is 93.8 cm³/mol. The van der Waals surface area contributed by atoms with Gasteiger partial charge in [0.1, 0.15) is 0 Å². The maximum atomic E-state index is 12.4. The maximum absolute atomic E-state index is 12.4. The molecule has 0 radical (unpaired) electrons. The van der Waals surface area contributed by atoms with Gasteiger partial charge in [-0.15, -0.1) is 0 Å². The molecule has 1 amide bonds. The highest BCUT2D eigenvalue weighted by molar-refractivity contribution is 5.90. The van der Waals surface area contributed by atoms with Crippen molar-refractivity contribution in [2.45, 2.75) is 25.8 Å². The van der Waals surface area contributed by atoms with Crippen LogP contribution in [-0.4, -0.2) is 62.8 Å². The van der Waals surface area contributed by atoms with Crippen LogP contribution in [0.2, 0.25) is 0 Å². The summed E-state index contributed by atoms with van der Waals surface area (Å²) < 4.78 is 0. The molecule has 1 aliphatic rings. The van der Waals surface area contributed by atoms with Crippen LogP contribution in [0.5, 0.6) is 0 Å². The number of carbonyl (C=O) groups excluding carboxylic acids is 1. The fourth-order valence-corrected chi connectivity index (χ4v) is 3.08. The predicted octanol–water partition coefficient (Wildman–Crippen LogP) is 1.42. The van der Waals surface area contributed by atoms with Gasteiger partial charge in [0.05, 0.1) is 17.6 Å². The molecule has 1 fully saturated rings. The highest BCUT2D eigenvalue weighted by Crippen LogP contribution is 2.21. The molecule has 0 unspecified atom stereocenters. The van der Waals surface area contributed by atoms with Crippen LogP contribution < -0.4 is 0 Å². The van der Waals surface area contributed by atoms with Crippen LogP contribution >= 0.6 is 0 Å². The first kappa shape index (κ1) is 17.4. The first-order chi connectivity index (χ1) is 12.1. The third-order valence-corrected chi connectivity index (χ3v) is 4.39. The number of piperidine rings is 1. The quantitative estimate of drug-likeness (QED) is 0.819. The maximum Gasteiger partial charge on any atom is 0.291 e. The molecule has 7 heteroatoms. The lowest BCUT2D eigenvalue weighted by atomic mass is 9.92. The highest BCUT2D eigenvalue weighted by Gasteiger charge is 2.25. The van der Waals surface area contributed by atoms with E-state index >= 15 is 0 Å². The van der Waals surface area contributed by atoms with Crippen molar-refractivity contribution in [3.63, 3.8) is 0 Å². The Labute approximate surface area is 148 Å². The Hall–Kier alpha value is -2.41. The second-order valence-corrected chi connectivity index (χ2v) is 6.75. The van der Waals surface area contributed by atoms with E-state index in [1.165, 1.54) is 0 Å². The van der Waals surface area contributed by atoms with E-state index in [2.05, 4.69) is 24.8 Å². The summed E-state index contributed by atoms with van der Waals surface area (Å²) >= 11 is 0. The van der Waals surface area contributed by atoms with Gasteiger partial charge in [0.25, 0.3) is 5.91 Å². The minimum Gasteiger partial charge on any atom is -0.336 e. The largest absolute Gasteiger partial charge is 0.336 e. The molecule has 0 atom stereocenters. The number of nitrogens with zero attached hydrogens (tertiary/aromatic N) is 6. The van der Waals surface area contributed by atoms with E-state index in [0.717, 1.165) is 50.3 Å². The van der Waals surface area contributed by atoms with Gasteiger partial charge in [-0.1, -0.05) is 0 Å². The van der Waals surface area contributed by atoms with Gasteiger partial charge in [0.15, 0.2) is 0 Å². The second kappa shape index (κ2) is 8.11. The van der Waals surface area contributed by atoms with Crippen molar-refractivity contribution in [1.29, 1.82) is 0 Å². The average Bonchev–Trinajstić information content (AvgIpc) is 2.64. The van der Waals surface area contributed by atoms with Crippen LogP contribution in [0, 0.1) is 5.92 Å². The van der Waals surface area contributed by atoms with Crippen LogP contribution in [0.3, 0.4) is 0 Å². The Morgan fingerprint density at radius 3 is 2.32 bits per heavy atom. The van der Waals surface area contributed by atoms with Crippen LogP contribution in [0.15, 0.2) is 30.9 Å². The van der Waals surface area contributed by atoms with Crippen LogP contribution in [-0.2, 0) is 13.0 Å². The fraction of sp³-hybridized carbons (Fsp3) is 0.500. The van der Waals surface area contributed by atoms with Gasteiger partial charge in [-0.2, -0.15) is 0 Å². The van der Waals surface area contributed by atoms with Crippen molar-refractivity contribution in [2.75, 3.05) is 27.2 Å². The fourth-order valence-electron chi connectivity index (χ4n) is 3.08. The Kier molecular flexibility index (Phi) is 5.65. The third-order valence-electron chi connectivity index (χ3n) is 4.39. The van der Waals surface area contributed by atoms with Crippen molar-refractivity contribution in [2.24, 2.45) is 5.92 Å². The number of hydrogen-bond acceptors (Lipinski definition) is 6. The highest BCUT2D eigenvalue weighted by atomic mass is 16.2. The van der Waals surface area contributed by atoms with Crippen molar-refractivity contribution >= 4 is 5.91 Å². The summed E-state index contributed by atoms with van der Waals surface area (Å²) in [5.41, 5.74) is 2.01. The van der Waals surface area contributed by atoms with Gasteiger partial charge in [-0.05, 0) is 45.3 Å². The zero-order valence-electron chi connectivity index (χ0n) is 14.8. The topological polar surface area (TPSA) is 75.1 Å². The summed E-state index contributed by atoms with van der Waals surface area (Å²) in [5, 5.41) is 0. The zero-order valence-corrected chi connectivity index (χ0v) is 14.8. The molecule has 0 N–H and O–H groups in total. The van der Waals surface area contributed by atoms with Crippen molar-refractivity contribution < 1.29 is 4.79 Å². The molecule has 0 bridgehead atoms. The molecule has 2 aromatic rings.